The molecule has 0 fully saturated rings. The van der Waals surface area contributed by atoms with Crippen LogP contribution in [0, 0.1) is 13.8 Å². The average molecular weight is 318 g/mol. The monoisotopic (exact) mass is 318 g/mol. The number of hydrogen-bond donors (Lipinski definition) is 1. The van der Waals surface area contributed by atoms with Crippen LogP contribution in [-0.2, 0) is 0 Å². The Bertz CT molecular complexity index is 852. The summed E-state index contributed by atoms with van der Waals surface area (Å²) < 4.78 is 10.8. The molecule has 3 aromatic heterocycles. The number of nitrogens with zero attached hydrogens (tertiary/aromatic N) is 3. The number of furan rings is 1. The number of aryl methyl sites for hydroxylation is 2. The van der Waals surface area contributed by atoms with Crippen molar-refractivity contribution in [1.82, 2.24) is 20.2 Å². The Kier molecular flexibility index (Phi) is 3.84. The molecule has 1 atom stereocenters. The Hall–Kier alpha value is -2.35. The topological polar surface area (TPSA) is 97.8 Å². The standard InChI is InChI=1S/C14H14N4O3S/c1-7-6-11(19)16-12(15-7)9(3)22-14-18-17-13(21-14)10-4-5-20-8(10)2/h4-6,9H,1-3H3,(H,15,16,19)/t9-/m1/s1. The summed E-state index contributed by atoms with van der Waals surface area (Å²) in [5.41, 5.74) is 1.27. The number of nitrogens with one attached hydrogen (secondary N) is 1. The van der Waals surface area contributed by atoms with Crippen molar-refractivity contribution in [1.29, 1.82) is 0 Å². The van der Waals surface area contributed by atoms with E-state index >= 15 is 0 Å². The predicted molar refractivity (Wildman–Crippen MR) is 80.6 cm³/mol. The lowest BCUT2D eigenvalue weighted by atomic mass is 10.3. The molecular formula is C14H14N4O3S. The van der Waals surface area contributed by atoms with Crippen molar-refractivity contribution in [2.24, 2.45) is 0 Å². The zero-order valence-electron chi connectivity index (χ0n) is 12.3. The number of aromatic nitrogens is 4. The lowest BCUT2D eigenvalue weighted by Gasteiger charge is -2.07. The maximum absolute atomic E-state index is 11.5. The third-order valence-corrected chi connectivity index (χ3v) is 3.99. The van der Waals surface area contributed by atoms with Gasteiger partial charge in [0.25, 0.3) is 16.7 Å². The van der Waals surface area contributed by atoms with Crippen LogP contribution in [0.5, 0.6) is 0 Å². The Labute approximate surface area is 130 Å². The normalized spacial score (nSPS) is 12.5. The van der Waals surface area contributed by atoms with Gasteiger partial charge in [0, 0.05) is 11.8 Å². The first kappa shape index (κ1) is 14.6. The number of aromatic amines is 1. The zero-order valence-corrected chi connectivity index (χ0v) is 13.1. The van der Waals surface area contributed by atoms with Crippen LogP contribution in [0.3, 0.4) is 0 Å². The Morgan fingerprint density at radius 2 is 2.14 bits per heavy atom. The highest BCUT2D eigenvalue weighted by atomic mass is 32.2. The Morgan fingerprint density at radius 3 is 2.82 bits per heavy atom. The van der Waals surface area contributed by atoms with Crippen LogP contribution < -0.4 is 5.56 Å². The maximum Gasteiger partial charge on any atom is 0.277 e. The van der Waals surface area contributed by atoms with Gasteiger partial charge in [-0.05, 0) is 26.8 Å². The van der Waals surface area contributed by atoms with Crippen molar-refractivity contribution in [2.45, 2.75) is 31.2 Å². The largest absolute Gasteiger partial charge is 0.469 e. The van der Waals surface area contributed by atoms with E-state index < -0.39 is 0 Å². The van der Waals surface area contributed by atoms with Crippen molar-refractivity contribution in [3.05, 3.63) is 46.0 Å². The van der Waals surface area contributed by atoms with E-state index in [1.165, 1.54) is 17.8 Å². The molecule has 3 heterocycles. The summed E-state index contributed by atoms with van der Waals surface area (Å²) in [5.74, 6) is 1.71. The van der Waals surface area contributed by atoms with Crippen LogP contribution in [0.4, 0.5) is 0 Å². The second kappa shape index (κ2) is 5.80. The van der Waals surface area contributed by atoms with E-state index in [1.807, 2.05) is 13.8 Å². The van der Waals surface area contributed by atoms with Crippen LogP contribution in [0.1, 0.15) is 29.5 Å². The molecule has 0 saturated carbocycles. The molecule has 0 aliphatic rings. The minimum absolute atomic E-state index is 0.119. The van der Waals surface area contributed by atoms with E-state index in [2.05, 4.69) is 20.2 Å². The summed E-state index contributed by atoms with van der Waals surface area (Å²) in [7, 11) is 0. The van der Waals surface area contributed by atoms with E-state index in [4.69, 9.17) is 8.83 Å². The summed E-state index contributed by atoms with van der Waals surface area (Å²) in [5, 5.41) is 8.31. The molecule has 22 heavy (non-hydrogen) atoms. The van der Waals surface area contributed by atoms with Gasteiger partial charge in [-0.1, -0.05) is 11.8 Å². The maximum atomic E-state index is 11.5. The fraction of sp³-hybridized carbons (Fsp3) is 0.286. The molecule has 0 bridgehead atoms. The van der Waals surface area contributed by atoms with Gasteiger partial charge in [0.15, 0.2) is 0 Å². The molecule has 1 N–H and O–H groups in total. The molecule has 0 unspecified atom stereocenters. The number of thioether (sulfide) groups is 1. The first-order valence-corrected chi connectivity index (χ1v) is 7.53. The quantitative estimate of drug-likeness (QED) is 0.738. The van der Waals surface area contributed by atoms with Gasteiger partial charge in [-0.15, -0.1) is 10.2 Å². The predicted octanol–water partition coefficient (Wildman–Crippen LogP) is 2.88. The molecule has 0 saturated heterocycles. The first-order chi connectivity index (χ1) is 10.5. The van der Waals surface area contributed by atoms with Crippen molar-refractivity contribution < 1.29 is 8.83 Å². The highest BCUT2D eigenvalue weighted by Crippen LogP contribution is 2.33. The van der Waals surface area contributed by atoms with Gasteiger partial charge in [-0.25, -0.2) is 4.98 Å². The molecule has 0 aliphatic heterocycles. The third kappa shape index (κ3) is 2.96. The lowest BCUT2D eigenvalue weighted by Crippen LogP contribution is -2.12. The SMILES string of the molecule is Cc1cc(=O)[nH]c([C@@H](C)Sc2nnc(-c3ccoc3C)o2)n1. The zero-order chi connectivity index (χ0) is 15.7. The van der Waals surface area contributed by atoms with E-state index in [0.29, 0.717) is 22.6 Å². The van der Waals surface area contributed by atoms with E-state index in [1.54, 1.807) is 19.3 Å². The lowest BCUT2D eigenvalue weighted by molar-refractivity contribution is 0.462. The summed E-state index contributed by atoms with van der Waals surface area (Å²) >= 11 is 1.33. The fourth-order valence-corrected chi connectivity index (χ4v) is 2.72. The van der Waals surface area contributed by atoms with Gasteiger partial charge in [0.05, 0.1) is 17.1 Å². The highest BCUT2D eigenvalue weighted by molar-refractivity contribution is 7.99. The minimum Gasteiger partial charge on any atom is -0.469 e. The summed E-state index contributed by atoms with van der Waals surface area (Å²) in [6.07, 6.45) is 1.58. The van der Waals surface area contributed by atoms with Crippen LogP contribution in [0.25, 0.3) is 11.5 Å². The molecular weight excluding hydrogens is 304 g/mol. The summed E-state index contributed by atoms with van der Waals surface area (Å²) in [4.78, 5) is 18.5. The second-order valence-electron chi connectivity index (χ2n) is 4.80. The molecule has 8 heteroatoms. The van der Waals surface area contributed by atoms with Crippen LogP contribution in [0.15, 0.2) is 37.2 Å². The number of H-pyrrole nitrogens is 1. The molecule has 0 amide bonds. The van der Waals surface area contributed by atoms with Gasteiger partial charge in [0.2, 0.25) is 0 Å². The van der Waals surface area contributed by atoms with Crippen LogP contribution in [0.2, 0.25) is 0 Å². The molecule has 0 aromatic carbocycles. The number of rotatable bonds is 4. The molecule has 0 spiro atoms. The van der Waals surface area contributed by atoms with Crippen molar-refractivity contribution in [3.8, 4) is 11.5 Å². The van der Waals surface area contributed by atoms with Crippen molar-refractivity contribution in [3.63, 3.8) is 0 Å². The van der Waals surface area contributed by atoms with Crippen molar-refractivity contribution in [2.75, 3.05) is 0 Å². The van der Waals surface area contributed by atoms with Crippen molar-refractivity contribution >= 4 is 11.8 Å². The third-order valence-electron chi connectivity index (χ3n) is 3.05. The summed E-state index contributed by atoms with van der Waals surface area (Å²) in [6.45, 7) is 5.52. The van der Waals surface area contributed by atoms with E-state index in [-0.39, 0.29) is 10.8 Å². The number of hydrogen-bond acceptors (Lipinski definition) is 7. The van der Waals surface area contributed by atoms with E-state index in [0.717, 1.165) is 11.3 Å². The second-order valence-corrected chi connectivity index (χ2v) is 6.09. The van der Waals surface area contributed by atoms with Gasteiger partial charge in [0.1, 0.15) is 11.6 Å². The Balaban J connectivity index is 1.80. The fourth-order valence-electron chi connectivity index (χ4n) is 1.97. The van der Waals surface area contributed by atoms with Gasteiger partial charge < -0.3 is 13.8 Å². The Morgan fingerprint density at radius 1 is 1.32 bits per heavy atom. The molecule has 7 nitrogen and oxygen atoms in total. The smallest absolute Gasteiger partial charge is 0.277 e. The average Bonchev–Trinajstić information content (AvgIpc) is 3.06. The minimum atomic E-state index is -0.171. The molecule has 3 rings (SSSR count). The van der Waals surface area contributed by atoms with E-state index in [9.17, 15) is 4.79 Å². The first-order valence-electron chi connectivity index (χ1n) is 6.65. The molecule has 0 aliphatic carbocycles. The van der Waals surface area contributed by atoms with Crippen LogP contribution in [-0.4, -0.2) is 20.2 Å². The van der Waals surface area contributed by atoms with Gasteiger partial charge >= 0.3 is 0 Å². The summed E-state index contributed by atoms with van der Waals surface area (Å²) in [6, 6.07) is 3.23. The molecule has 114 valence electrons. The van der Waals surface area contributed by atoms with Crippen LogP contribution >= 0.6 is 11.8 Å². The van der Waals surface area contributed by atoms with Gasteiger partial charge in [-0.3, -0.25) is 4.79 Å². The highest BCUT2D eigenvalue weighted by Gasteiger charge is 2.17. The van der Waals surface area contributed by atoms with Gasteiger partial charge in [-0.2, -0.15) is 0 Å². The molecule has 0 radical (unpaired) electrons. The molecule has 3 aromatic rings.